The Labute approximate surface area is 200 Å². The van der Waals surface area contributed by atoms with E-state index in [9.17, 15) is 14.0 Å². The van der Waals surface area contributed by atoms with E-state index in [0.29, 0.717) is 23.0 Å². The van der Waals surface area contributed by atoms with Crippen molar-refractivity contribution in [1.29, 1.82) is 0 Å². The standard InChI is InChI=1S/C27H26F3NO4/c1-15-9-18-13-22-17(6-8-24(33)35-22)12-19(18)26(31(15)14-27(2,3)30)25-20(28)10-16(11-21(25)29)5-7-23(32)34-4/h5-8,10-13,15,26H,9,14H2,1-4H3/b7-5+. The number of hydrogen-bond donors (Lipinski definition) is 0. The number of benzene rings is 2. The fraction of sp³-hybridized carbons (Fsp3) is 0.333. The van der Waals surface area contributed by atoms with Crippen LogP contribution in [0.2, 0.25) is 0 Å². The highest BCUT2D eigenvalue weighted by Crippen LogP contribution is 2.42. The van der Waals surface area contributed by atoms with Gasteiger partial charge in [-0.1, -0.05) is 0 Å². The number of carbonyl (C=O) groups is 1. The second kappa shape index (κ2) is 9.34. The molecule has 3 aromatic rings. The van der Waals surface area contributed by atoms with E-state index in [0.717, 1.165) is 23.8 Å². The second-order valence-corrected chi connectivity index (χ2v) is 9.44. The molecule has 4 rings (SSSR count). The Hall–Kier alpha value is -3.39. The quantitative estimate of drug-likeness (QED) is 0.277. The predicted molar refractivity (Wildman–Crippen MR) is 127 cm³/mol. The molecule has 0 amide bonds. The van der Waals surface area contributed by atoms with Gasteiger partial charge in [0.2, 0.25) is 0 Å². The van der Waals surface area contributed by atoms with Crippen LogP contribution >= 0.6 is 0 Å². The van der Waals surface area contributed by atoms with Gasteiger partial charge in [-0.15, -0.1) is 0 Å². The summed E-state index contributed by atoms with van der Waals surface area (Å²) in [6.07, 6.45) is 2.82. The molecule has 2 unspecified atom stereocenters. The average molecular weight is 486 g/mol. The molecule has 0 fully saturated rings. The summed E-state index contributed by atoms with van der Waals surface area (Å²) in [6, 6.07) is 7.43. The van der Waals surface area contributed by atoms with E-state index < -0.39 is 34.9 Å². The van der Waals surface area contributed by atoms with Gasteiger partial charge in [-0.25, -0.2) is 22.8 Å². The van der Waals surface area contributed by atoms with Crippen LogP contribution in [0.15, 0.2) is 51.7 Å². The minimum atomic E-state index is -1.62. The van der Waals surface area contributed by atoms with E-state index in [1.807, 2.05) is 6.92 Å². The zero-order valence-electron chi connectivity index (χ0n) is 19.9. The van der Waals surface area contributed by atoms with Gasteiger partial charge in [0.05, 0.1) is 13.2 Å². The van der Waals surface area contributed by atoms with E-state index in [-0.39, 0.29) is 23.7 Å². The molecule has 2 heterocycles. The minimum Gasteiger partial charge on any atom is -0.466 e. The van der Waals surface area contributed by atoms with E-state index >= 15 is 8.78 Å². The Morgan fingerprint density at radius 3 is 2.51 bits per heavy atom. The summed E-state index contributed by atoms with van der Waals surface area (Å²) in [5, 5.41) is 0.598. The lowest BCUT2D eigenvalue weighted by Crippen LogP contribution is -2.48. The molecule has 2 aromatic carbocycles. The van der Waals surface area contributed by atoms with Gasteiger partial charge in [0.25, 0.3) is 0 Å². The Morgan fingerprint density at radius 2 is 1.89 bits per heavy atom. The molecule has 5 nitrogen and oxygen atoms in total. The Morgan fingerprint density at radius 1 is 1.20 bits per heavy atom. The van der Waals surface area contributed by atoms with Crippen molar-refractivity contribution in [3.8, 4) is 0 Å². The lowest BCUT2D eigenvalue weighted by Gasteiger charge is -2.44. The largest absolute Gasteiger partial charge is 0.466 e. The lowest BCUT2D eigenvalue weighted by molar-refractivity contribution is -0.134. The fourth-order valence-electron chi connectivity index (χ4n) is 4.67. The van der Waals surface area contributed by atoms with Gasteiger partial charge in [-0.05, 0) is 80.3 Å². The van der Waals surface area contributed by atoms with Crippen LogP contribution in [0.5, 0.6) is 0 Å². The zero-order valence-corrected chi connectivity index (χ0v) is 19.9. The van der Waals surface area contributed by atoms with Crippen molar-refractivity contribution in [2.45, 2.75) is 44.9 Å². The van der Waals surface area contributed by atoms with Crippen molar-refractivity contribution < 1.29 is 27.1 Å². The summed E-state index contributed by atoms with van der Waals surface area (Å²) in [7, 11) is 1.20. The topological polar surface area (TPSA) is 59.8 Å². The number of methoxy groups -OCH3 is 1. The number of esters is 1. The SMILES string of the molecule is COC(=O)/C=C/c1cc(F)c(C2c3cc4ccc(=O)oc4cc3CC(C)N2CC(C)(C)F)c(F)c1. The van der Waals surface area contributed by atoms with Crippen LogP contribution in [0.3, 0.4) is 0 Å². The normalized spacial score (nSPS) is 18.7. The number of carbonyl (C=O) groups excluding carboxylic acids is 1. The molecular weight excluding hydrogens is 459 g/mol. The maximum absolute atomic E-state index is 15.5. The fourth-order valence-corrected chi connectivity index (χ4v) is 4.67. The van der Waals surface area contributed by atoms with Crippen LogP contribution in [0, 0.1) is 11.6 Å². The monoisotopic (exact) mass is 485 g/mol. The van der Waals surface area contributed by atoms with Crippen LogP contribution in [0.4, 0.5) is 13.2 Å². The Balaban J connectivity index is 1.91. The first kappa shape index (κ1) is 24.7. The third-order valence-electron chi connectivity index (χ3n) is 6.14. The first-order chi connectivity index (χ1) is 16.5. The summed E-state index contributed by atoms with van der Waals surface area (Å²) in [5.41, 5.74) is -0.416. The minimum absolute atomic E-state index is 0.0525. The number of fused-ring (bicyclic) bond motifs is 2. The summed E-state index contributed by atoms with van der Waals surface area (Å²) < 4.78 is 55.7. The molecule has 1 aromatic heterocycles. The molecule has 1 aliphatic rings. The summed E-state index contributed by atoms with van der Waals surface area (Å²) >= 11 is 0. The van der Waals surface area contributed by atoms with E-state index in [1.54, 1.807) is 23.1 Å². The second-order valence-electron chi connectivity index (χ2n) is 9.44. The number of hydrogen-bond acceptors (Lipinski definition) is 5. The Bertz CT molecular complexity index is 1350. The van der Waals surface area contributed by atoms with Crippen LogP contribution in [0.25, 0.3) is 17.0 Å². The van der Waals surface area contributed by atoms with E-state index in [1.165, 1.54) is 33.1 Å². The third kappa shape index (κ3) is 5.17. The van der Waals surface area contributed by atoms with Crippen molar-refractivity contribution in [3.05, 3.63) is 86.8 Å². The molecule has 35 heavy (non-hydrogen) atoms. The van der Waals surface area contributed by atoms with Crippen molar-refractivity contribution in [2.24, 2.45) is 0 Å². The van der Waals surface area contributed by atoms with E-state index in [2.05, 4.69) is 4.74 Å². The van der Waals surface area contributed by atoms with Gasteiger partial charge >= 0.3 is 11.6 Å². The smallest absolute Gasteiger partial charge is 0.336 e. The molecule has 0 saturated heterocycles. The molecular formula is C27H26F3NO4. The van der Waals surface area contributed by atoms with Crippen molar-refractivity contribution in [3.63, 3.8) is 0 Å². The highest BCUT2D eigenvalue weighted by Gasteiger charge is 2.39. The molecule has 0 N–H and O–H groups in total. The summed E-state index contributed by atoms with van der Waals surface area (Å²) in [4.78, 5) is 24.8. The highest BCUT2D eigenvalue weighted by atomic mass is 19.1. The Kier molecular flexibility index (Phi) is 6.60. The number of halogens is 3. The zero-order chi connectivity index (χ0) is 25.5. The molecule has 2 atom stereocenters. The molecule has 184 valence electrons. The molecule has 0 bridgehead atoms. The number of nitrogens with zero attached hydrogens (tertiary/aromatic N) is 1. The van der Waals surface area contributed by atoms with Gasteiger partial charge in [-0.2, -0.15) is 0 Å². The maximum Gasteiger partial charge on any atom is 0.336 e. The third-order valence-corrected chi connectivity index (χ3v) is 6.14. The van der Waals surface area contributed by atoms with Crippen LogP contribution in [-0.4, -0.2) is 36.2 Å². The lowest BCUT2D eigenvalue weighted by atomic mass is 9.83. The molecule has 0 radical (unpaired) electrons. The highest BCUT2D eigenvalue weighted by molar-refractivity contribution is 5.87. The van der Waals surface area contributed by atoms with Gasteiger partial charge < -0.3 is 9.15 Å². The van der Waals surface area contributed by atoms with Crippen molar-refractivity contribution >= 4 is 23.0 Å². The molecule has 0 aliphatic carbocycles. The number of alkyl halides is 1. The van der Waals surface area contributed by atoms with Crippen molar-refractivity contribution in [1.82, 2.24) is 4.90 Å². The van der Waals surface area contributed by atoms with Crippen molar-refractivity contribution in [2.75, 3.05) is 13.7 Å². The van der Waals surface area contributed by atoms with Gasteiger partial charge in [0.1, 0.15) is 22.9 Å². The molecule has 1 aliphatic heterocycles. The van der Waals surface area contributed by atoms with Crippen LogP contribution in [-0.2, 0) is 16.0 Å². The molecule has 0 spiro atoms. The van der Waals surface area contributed by atoms with E-state index in [4.69, 9.17) is 4.42 Å². The molecule has 8 heteroatoms. The van der Waals surface area contributed by atoms with Gasteiger partial charge in [0.15, 0.2) is 0 Å². The van der Waals surface area contributed by atoms with Gasteiger partial charge in [0, 0.05) is 35.7 Å². The number of ether oxygens (including phenoxy) is 1. The number of rotatable bonds is 5. The maximum atomic E-state index is 15.5. The average Bonchev–Trinajstić information content (AvgIpc) is 2.77. The van der Waals surface area contributed by atoms with Crippen LogP contribution in [0.1, 0.15) is 49.1 Å². The summed E-state index contributed by atoms with van der Waals surface area (Å²) in [6.45, 7) is 4.67. The molecule has 0 saturated carbocycles. The first-order valence-corrected chi connectivity index (χ1v) is 11.2. The first-order valence-electron chi connectivity index (χ1n) is 11.2. The van der Waals surface area contributed by atoms with Crippen LogP contribution < -0.4 is 5.63 Å². The van der Waals surface area contributed by atoms with Gasteiger partial charge in [-0.3, -0.25) is 4.90 Å². The predicted octanol–water partition coefficient (Wildman–Crippen LogP) is 5.34. The summed E-state index contributed by atoms with van der Waals surface area (Å²) in [5.74, 6) is -2.29.